The number of aryl methyl sites for hydroxylation is 2. The standard InChI is InChI=1S/C23H18FN3O2S.CH4/c1-13-7-8-15(11-14(13)2)22-26-19-12-16(9-10-20(19)29-22)25-23(30)27-21(28)17-5-3-4-6-18(17)24;/h3-12H,1-2H3,(H2,25,27,28,30);1H4. The van der Waals surface area contributed by atoms with Crippen LogP contribution in [0.3, 0.4) is 0 Å². The Morgan fingerprint density at radius 3 is 2.55 bits per heavy atom. The van der Waals surface area contributed by atoms with E-state index in [0.717, 1.165) is 11.1 Å². The van der Waals surface area contributed by atoms with Gasteiger partial charge in [0.15, 0.2) is 10.7 Å². The highest BCUT2D eigenvalue weighted by atomic mass is 32.1. The Hall–Kier alpha value is -3.58. The van der Waals surface area contributed by atoms with Crippen LogP contribution in [0.1, 0.15) is 28.9 Å². The normalized spacial score (nSPS) is 10.4. The fourth-order valence-corrected chi connectivity index (χ4v) is 3.19. The third kappa shape index (κ3) is 4.78. The number of thiocarbonyl (C=S) groups is 1. The molecule has 2 N–H and O–H groups in total. The quantitative estimate of drug-likeness (QED) is 0.386. The Morgan fingerprint density at radius 2 is 1.81 bits per heavy atom. The third-order valence-electron chi connectivity index (χ3n) is 4.74. The van der Waals surface area contributed by atoms with E-state index in [1.54, 1.807) is 24.3 Å². The Balaban J connectivity index is 0.00000272. The minimum absolute atomic E-state index is 0. The number of aromatic nitrogens is 1. The number of amides is 1. The summed E-state index contributed by atoms with van der Waals surface area (Å²) in [6.07, 6.45) is 0. The van der Waals surface area contributed by atoms with Crippen molar-refractivity contribution in [2.45, 2.75) is 21.3 Å². The minimum Gasteiger partial charge on any atom is -0.436 e. The van der Waals surface area contributed by atoms with Gasteiger partial charge in [0.2, 0.25) is 5.89 Å². The maximum atomic E-state index is 13.7. The maximum absolute atomic E-state index is 13.7. The van der Waals surface area contributed by atoms with E-state index in [-0.39, 0.29) is 18.1 Å². The summed E-state index contributed by atoms with van der Waals surface area (Å²) in [5.41, 5.74) is 5.09. The summed E-state index contributed by atoms with van der Waals surface area (Å²) in [5, 5.41) is 5.44. The second kappa shape index (κ2) is 9.06. The topological polar surface area (TPSA) is 67.2 Å². The molecule has 0 saturated heterocycles. The highest BCUT2D eigenvalue weighted by Gasteiger charge is 2.13. The molecule has 0 bridgehead atoms. The van der Waals surface area contributed by atoms with Crippen LogP contribution >= 0.6 is 12.2 Å². The van der Waals surface area contributed by atoms with E-state index in [1.165, 1.54) is 23.8 Å². The van der Waals surface area contributed by atoms with Gasteiger partial charge in [0.25, 0.3) is 5.91 Å². The second-order valence-electron chi connectivity index (χ2n) is 6.89. The van der Waals surface area contributed by atoms with Crippen molar-refractivity contribution >= 4 is 40.0 Å². The summed E-state index contributed by atoms with van der Waals surface area (Å²) in [6, 6.07) is 17.1. The van der Waals surface area contributed by atoms with E-state index in [2.05, 4.69) is 22.5 Å². The molecule has 0 saturated carbocycles. The molecule has 0 spiro atoms. The smallest absolute Gasteiger partial charge is 0.260 e. The van der Waals surface area contributed by atoms with Crippen molar-refractivity contribution in [3.63, 3.8) is 0 Å². The first kappa shape index (κ1) is 22.1. The monoisotopic (exact) mass is 435 g/mol. The number of benzene rings is 3. The number of fused-ring (bicyclic) bond motifs is 1. The number of carbonyl (C=O) groups is 1. The summed E-state index contributed by atoms with van der Waals surface area (Å²) < 4.78 is 19.6. The maximum Gasteiger partial charge on any atom is 0.260 e. The average Bonchev–Trinajstić information content (AvgIpc) is 3.13. The van der Waals surface area contributed by atoms with E-state index < -0.39 is 11.7 Å². The van der Waals surface area contributed by atoms with Gasteiger partial charge in [-0.15, -0.1) is 0 Å². The van der Waals surface area contributed by atoms with Crippen LogP contribution in [0.4, 0.5) is 10.1 Å². The Morgan fingerprint density at radius 1 is 1.03 bits per heavy atom. The SMILES string of the molecule is C.Cc1ccc(-c2nc3cc(NC(=S)NC(=O)c4ccccc4F)ccc3o2)cc1C. The first-order chi connectivity index (χ1) is 14.4. The molecular weight excluding hydrogens is 413 g/mol. The van der Waals surface area contributed by atoms with Gasteiger partial charge in [-0.05, 0) is 79.7 Å². The summed E-state index contributed by atoms with van der Waals surface area (Å²) in [7, 11) is 0. The molecule has 0 fully saturated rings. The lowest BCUT2D eigenvalue weighted by Crippen LogP contribution is -2.34. The number of rotatable bonds is 3. The lowest BCUT2D eigenvalue weighted by molar-refractivity contribution is 0.0974. The molecule has 31 heavy (non-hydrogen) atoms. The van der Waals surface area contributed by atoms with Crippen molar-refractivity contribution in [2.75, 3.05) is 5.32 Å². The zero-order chi connectivity index (χ0) is 21.3. The molecule has 0 unspecified atom stereocenters. The zero-order valence-electron chi connectivity index (χ0n) is 16.3. The first-order valence-corrected chi connectivity index (χ1v) is 9.66. The van der Waals surface area contributed by atoms with E-state index in [1.807, 2.05) is 25.1 Å². The van der Waals surface area contributed by atoms with Crippen LogP contribution in [0.5, 0.6) is 0 Å². The zero-order valence-corrected chi connectivity index (χ0v) is 17.1. The van der Waals surface area contributed by atoms with Gasteiger partial charge in [-0.3, -0.25) is 10.1 Å². The fraction of sp³-hybridized carbons (Fsp3) is 0.125. The Kier molecular flexibility index (Phi) is 6.46. The lowest BCUT2D eigenvalue weighted by atomic mass is 10.1. The predicted molar refractivity (Wildman–Crippen MR) is 126 cm³/mol. The van der Waals surface area contributed by atoms with Gasteiger partial charge in [-0.25, -0.2) is 9.37 Å². The lowest BCUT2D eigenvalue weighted by Gasteiger charge is -2.09. The van der Waals surface area contributed by atoms with Crippen molar-refractivity contribution < 1.29 is 13.6 Å². The van der Waals surface area contributed by atoms with E-state index in [0.29, 0.717) is 22.7 Å². The van der Waals surface area contributed by atoms with Crippen molar-refractivity contribution in [2.24, 2.45) is 0 Å². The molecule has 0 aliphatic carbocycles. The number of nitrogens with one attached hydrogen (secondary N) is 2. The van der Waals surface area contributed by atoms with Crippen molar-refractivity contribution in [3.05, 3.63) is 83.2 Å². The number of hydrogen-bond donors (Lipinski definition) is 2. The van der Waals surface area contributed by atoms with Crippen LogP contribution in [0.15, 0.2) is 65.1 Å². The van der Waals surface area contributed by atoms with Crippen LogP contribution in [-0.2, 0) is 0 Å². The van der Waals surface area contributed by atoms with E-state index >= 15 is 0 Å². The Labute approximate surface area is 185 Å². The fourth-order valence-electron chi connectivity index (χ4n) is 2.98. The number of carbonyl (C=O) groups excluding carboxylic acids is 1. The number of nitrogens with zero attached hydrogens (tertiary/aromatic N) is 1. The summed E-state index contributed by atoms with van der Waals surface area (Å²) in [5.74, 6) is -0.702. The van der Waals surface area contributed by atoms with Gasteiger partial charge in [-0.2, -0.15) is 0 Å². The van der Waals surface area contributed by atoms with Crippen molar-refractivity contribution in [1.29, 1.82) is 0 Å². The molecule has 0 aliphatic rings. The van der Waals surface area contributed by atoms with Crippen molar-refractivity contribution in [1.82, 2.24) is 10.3 Å². The molecular formula is C24H22FN3O2S. The highest BCUT2D eigenvalue weighted by Crippen LogP contribution is 2.27. The van der Waals surface area contributed by atoms with Crippen molar-refractivity contribution in [3.8, 4) is 11.5 Å². The van der Waals surface area contributed by atoms with Crippen LogP contribution in [0, 0.1) is 19.7 Å². The second-order valence-corrected chi connectivity index (χ2v) is 7.30. The molecule has 5 nitrogen and oxygen atoms in total. The van der Waals surface area contributed by atoms with E-state index in [4.69, 9.17) is 16.6 Å². The molecule has 1 amide bonds. The molecule has 4 aromatic rings. The first-order valence-electron chi connectivity index (χ1n) is 9.26. The summed E-state index contributed by atoms with van der Waals surface area (Å²) in [4.78, 5) is 16.7. The average molecular weight is 436 g/mol. The largest absolute Gasteiger partial charge is 0.436 e. The highest BCUT2D eigenvalue weighted by molar-refractivity contribution is 7.80. The van der Waals surface area contributed by atoms with E-state index in [9.17, 15) is 9.18 Å². The third-order valence-corrected chi connectivity index (χ3v) is 4.95. The number of anilines is 1. The van der Waals surface area contributed by atoms with Gasteiger partial charge < -0.3 is 9.73 Å². The predicted octanol–water partition coefficient (Wildman–Crippen LogP) is 6.01. The molecule has 1 heterocycles. The summed E-state index contributed by atoms with van der Waals surface area (Å²) in [6.45, 7) is 4.09. The Bertz CT molecular complexity index is 1280. The van der Waals surface area contributed by atoms with Crippen LogP contribution in [0.25, 0.3) is 22.6 Å². The van der Waals surface area contributed by atoms with Gasteiger partial charge in [-0.1, -0.05) is 25.6 Å². The molecule has 158 valence electrons. The number of halogens is 1. The minimum atomic E-state index is -0.620. The van der Waals surface area contributed by atoms with Gasteiger partial charge in [0.05, 0.1) is 5.56 Å². The number of hydrogen-bond acceptors (Lipinski definition) is 4. The van der Waals surface area contributed by atoms with Crippen LogP contribution in [-0.4, -0.2) is 16.0 Å². The molecule has 3 aromatic carbocycles. The molecule has 1 aromatic heterocycles. The molecule has 0 radical (unpaired) electrons. The molecule has 4 rings (SSSR count). The van der Waals surface area contributed by atoms with Gasteiger partial charge >= 0.3 is 0 Å². The molecule has 0 atom stereocenters. The van der Waals surface area contributed by atoms with Crippen LogP contribution < -0.4 is 10.6 Å². The number of oxazole rings is 1. The van der Waals surface area contributed by atoms with Gasteiger partial charge in [0, 0.05) is 11.3 Å². The van der Waals surface area contributed by atoms with Crippen LogP contribution in [0.2, 0.25) is 0 Å². The summed E-state index contributed by atoms with van der Waals surface area (Å²) >= 11 is 5.18. The molecule has 7 heteroatoms. The molecule has 0 aliphatic heterocycles. The van der Waals surface area contributed by atoms with Gasteiger partial charge in [0.1, 0.15) is 11.3 Å².